The van der Waals surface area contributed by atoms with Crippen LogP contribution < -0.4 is 10.1 Å². The van der Waals surface area contributed by atoms with Crippen molar-refractivity contribution in [3.05, 3.63) is 41.5 Å². The maximum Gasteiger partial charge on any atom is 0.260 e. The molecule has 6 rings (SSSR count). The number of hydrogen-bond acceptors (Lipinski definition) is 6. The van der Waals surface area contributed by atoms with E-state index >= 15 is 0 Å². The Kier molecular flexibility index (Phi) is 9.17. The number of nitrogens with zero attached hydrogens (tertiary/aromatic N) is 2. The number of ether oxygens (including phenoxy) is 1. The number of oxime groups is 1. The Morgan fingerprint density at radius 2 is 1.84 bits per heavy atom. The molecule has 0 aromatic heterocycles. The molecule has 3 unspecified atom stereocenters. The van der Waals surface area contributed by atoms with Gasteiger partial charge in [-0.3, -0.25) is 4.79 Å². The second kappa shape index (κ2) is 12.7. The lowest BCUT2D eigenvalue weighted by Gasteiger charge is -2.57. The molecular weight excluding hydrogens is 562 g/mol. The van der Waals surface area contributed by atoms with Crippen molar-refractivity contribution >= 4 is 11.6 Å². The number of carbonyl (C=O) groups excluding carboxylic acids is 1. The van der Waals surface area contributed by atoms with Gasteiger partial charge in [0.05, 0.1) is 18.9 Å². The highest BCUT2D eigenvalue weighted by atomic mass is 16.6. The van der Waals surface area contributed by atoms with Crippen molar-refractivity contribution in [2.75, 3.05) is 33.9 Å². The molecule has 248 valence electrons. The SMILES string of the molecule is COc1ccc(C2(CCNC(=O)CON=C3C=C4CC[C@H]5[C@@H]6CC[C@@H](O)[C@@]6(C)CC[C@@H]5[C@@]4(C)CC3)CC(C)N(C)CC2C)cc1. The summed E-state index contributed by atoms with van der Waals surface area (Å²) < 4.78 is 5.42. The summed E-state index contributed by atoms with van der Waals surface area (Å²) in [5.74, 6) is 3.30. The lowest BCUT2D eigenvalue weighted by atomic mass is 9.47. The second-order valence-corrected chi connectivity index (χ2v) is 15.9. The summed E-state index contributed by atoms with van der Waals surface area (Å²) in [6.45, 7) is 11.1. The summed E-state index contributed by atoms with van der Waals surface area (Å²) in [7, 11) is 3.91. The molecule has 7 nitrogen and oxygen atoms in total. The standard InChI is InChI=1S/C38H57N3O4/c1-25-23-41(5)26(2)22-38(25,27-7-10-30(44-6)11-8-27)19-20-39-35(43)24-45-40-29-15-17-36(3)28(21-29)9-12-31-32-13-14-34(42)37(32,4)18-16-33(31)36/h7-8,10-11,21,25-26,31-34,42H,9,12-20,22-24H2,1-6H3,(H,39,43)/t25?,26?,31-,32-,33-,34+,36-,37-,38?/m0/s1. The van der Waals surface area contributed by atoms with Crippen molar-refractivity contribution < 1.29 is 19.5 Å². The van der Waals surface area contributed by atoms with E-state index in [4.69, 9.17) is 9.57 Å². The summed E-state index contributed by atoms with van der Waals surface area (Å²) in [4.78, 5) is 21.0. The molecule has 7 heteroatoms. The number of methoxy groups -OCH3 is 1. The summed E-state index contributed by atoms with van der Waals surface area (Å²) in [6.07, 6.45) is 13.0. The summed E-state index contributed by atoms with van der Waals surface area (Å²) in [5, 5.41) is 18.4. The molecule has 5 aliphatic rings. The third kappa shape index (κ3) is 5.86. The van der Waals surface area contributed by atoms with E-state index in [9.17, 15) is 9.90 Å². The molecule has 4 fully saturated rings. The molecular formula is C38H57N3O4. The first-order valence-corrected chi connectivity index (χ1v) is 17.7. The quantitative estimate of drug-likeness (QED) is 0.325. The maximum absolute atomic E-state index is 12.9. The second-order valence-electron chi connectivity index (χ2n) is 15.9. The van der Waals surface area contributed by atoms with Crippen LogP contribution in [0.15, 0.2) is 41.1 Å². The van der Waals surface area contributed by atoms with Crippen molar-refractivity contribution in [3.63, 3.8) is 0 Å². The van der Waals surface area contributed by atoms with Gasteiger partial charge in [-0.15, -0.1) is 0 Å². The molecule has 1 heterocycles. The normalized spacial score (nSPS) is 40.6. The number of hydrogen-bond donors (Lipinski definition) is 2. The zero-order chi connectivity index (χ0) is 32.0. The zero-order valence-corrected chi connectivity index (χ0v) is 28.6. The number of piperidine rings is 1. The van der Waals surface area contributed by atoms with Crippen molar-refractivity contribution in [1.29, 1.82) is 0 Å². The predicted octanol–water partition coefficient (Wildman–Crippen LogP) is 6.50. The van der Waals surface area contributed by atoms with E-state index in [0.717, 1.165) is 68.9 Å². The van der Waals surface area contributed by atoms with E-state index in [1.54, 1.807) is 7.11 Å². The molecule has 0 radical (unpaired) electrons. The third-order valence-corrected chi connectivity index (χ3v) is 13.8. The monoisotopic (exact) mass is 619 g/mol. The van der Waals surface area contributed by atoms with E-state index < -0.39 is 0 Å². The summed E-state index contributed by atoms with van der Waals surface area (Å²) >= 11 is 0. The van der Waals surface area contributed by atoms with Crippen LogP contribution in [0.25, 0.3) is 0 Å². The van der Waals surface area contributed by atoms with Crippen LogP contribution in [0.4, 0.5) is 0 Å². The van der Waals surface area contributed by atoms with E-state index in [1.807, 2.05) is 0 Å². The molecule has 1 amide bonds. The molecule has 1 aromatic rings. The van der Waals surface area contributed by atoms with Crippen LogP contribution in [0.5, 0.6) is 5.75 Å². The largest absolute Gasteiger partial charge is 0.497 e. The van der Waals surface area contributed by atoms with Crippen LogP contribution in [-0.2, 0) is 15.0 Å². The molecule has 2 N–H and O–H groups in total. The Bertz CT molecular complexity index is 1290. The fourth-order valence-corrected chi connectivity index (χ4v) is 10.8. The number of aliphatic hydroxyl groups excluding tert-OH is 1. The molecule has 3 saturated carbocycles. The van der Waals surface area contributed by atoms with Gasteiger partial charge in [0.1, 0.15) is 5.75 Å². The van der Waals surface area contributed by atoms with E-state index in [0.29, 0.717) is 30.3 Å². The number of allylic oxidation sites excluding steroid dienone is 2. The average Bonchev–Trinajstić information content (AvgIpc) is 3.33. The minimum Gasteiger partial charge on any atom is -0.497 e. The fourth-order valence-electron chi connectivity index (χ4n) is 10.8. The Morgan fingerprint density at radius 3 is 2.60 bits per heavy atom. The lowest BCUT2D eigenvalue weighted by molar-refractivity contribution is -0.125. The molecule has 4 aliphatic carbocycles. The number of carbonyl (C=O) groups is 1. The highest BCUT2D eigenvalue weighted by Crippen LogP contribution is 2.65. The fraction of sp³-hybridized carbons (Fsp3) is 0.737. The number of likely N-dealkylation sites (tertiary alicyclic amines) is 1. The number of amides is 1. The van der Waals surface area contributed by atoms with Gasteiger partial charge in [-0.05, 0) is 136 Å². The van der Waals surface area contributed by atoms with Crippen LogP contribution in [0.1, 0.15) is 97.5 Å². The van der Waals surface area contributed by atoms with E-state index in [-0.39, 0.29) is 34.9 Å². The van der Waals surface area contributed by atoms with E-state index in [1.165, 1.54) is 30.4 Å². The van der Waals surface area contributed by atoms with Gasteiger partial charge in [0.15, 0.2) is 6.61 Å². The molecule has 45 heavy (non-hydrogen) atoms. The Labute approximate surface area is 271 Å². The minimum absolute atomic E-state index is 0.0129. The first kappa shape index (κ1) is 32.6. The van der Waals surface area contributed by atoms with Crippen molar-refractivity contribution in [1.82, 2.24) is 10.2 Å². The van der Waals surface area contributed by atoms with Gasteiger partial charge in [-0.1, -0.05) is 43.6 Å². The molecule has 1 saturated heterocycles. The molecule has 1 aliphatic heterocycles. The first-order valence-electron chi connectivity index (χ1n) is 17.7. The van der Waals surface area contributed by atoms with Crippen molar-refractivity contribution in [2.24, 2.45) is 39.7 Å². The average molecular weight is 620 g/mol. The number of rotatable bonds is 8. The molecule has 0 bridgehead atoms. The summed E-state index contributed by atoms with van der Waals surface area (Å²) in [6, 6.07) is 8.98. The first-order chi connectivity index (χ1) is 21.5. The smallest absolute Gasteiger partial charge is 0.260 e. The number of aliphatic hydroxyl groups is 1. The van der Waals surface area contributed by atoms with Crippen LogP contribution in [0.3, 0.4) is 0 Å². The maximum atomic E-state index is 12.9. The minimum atomic E-state index is -0.122. The number of benzene rings is 1. The highest BCUT2D eigenvalue weighted by Gasteiger charge is 2.58. The predicted molar refractivity (Wildman–Crippen MR) is 179 cm³/mol. The Hall–Kier alpha value is -2.38. The van der Waals surface area contributed by atoms with Gasteiger partial charge in [0.2, 0.25) is 0 Å². The van der Waals surface area contributed by atoms with Crippen LogP contribution in [0, 0.1) is 34.5 Å². The highest BCUT2D eigenvalue weighted by molar-refractivity contribution is 5.96. The van der Waals surface area contributed by atoms with Crippen LogP contribution >= 0.6 is 0 Å². The number of fused-ring (bicyclic) bond motifs is 5. The Balaban J connectivity index is 1.04. The van der Waals surface area contributed by atoms with E-state index in [2.05, 4.69) is 80.5 Å². The van der Waals surface area contributed by atoms with Gasteiger partial charge >= 0.3 is 0 Å². The number of nitrogens with one attached hydrogen (secondary N) is 1. The zero-order valence-electron chi connectivity index (χ0n) is 28.6. The molecule has 9 atom stereocenters. The van der Waals surface area contributed by atoms with Crippen molar-refractivity contribution in [3.8, 4) is 5.75 Å². The van der Waals surface area contributed by atoms with Crippen LogP contribution in [0.2, 0.25) is 0 Å². The van der Waals surface area contributed by atoms with Gasteiger partial charge in [-0.25, -0.2) is 0 Å². The molecule has 0 spiro atoms. The van der Waals surface area contributed by atoms with Gasteiger partial charge in [0, 0.05) is 24.5 Å². The lowest BCUT2D eigenvalue weighted by Crippen LogP contribution is -2.52. The Morgan fingerprint density at radius 1 is 1.07 bits per heavy atom. The van der Waals surface area contributed by atoms with Gasteiger partial charge in [0.25, 0.3) is 5.91 Å². The topological polar surface area (TPSA) is 83.4 Å². The van der Waals surface area contributed by atoms with Gasteiger partial charge in [-0.2, -0.15) is 0 Å². The van der Waals surface area contributed by atoms with Crippen molar-refractivity contribution in [2.45, 2.75) is 109 Å². The van der Waals surface area contributed by atoms with Gasteiger partial charge < -0.3 is 24.9 Å². The molecule has 1 aromatic carbocycles. The van der Waals surface area contributed by atoms with Crippen LogP contribution in [-0.4, -0.2) is 67.6 Å². The summed E-state index contributed by atoms with van der Waals surface area (Å²) in [5.41, 5.74) is 4.14. The third-order valence-electron chi connectivity index (χ3n) is 13.8.